The molecule has 1 saturated heterocycles. The Morgan fingerprint density at radius 2 is 2.12 bits per heavy atom. The van der Waals surface area contributed by atoms with Crippen molar-refractivity contribution in [3.63, 3.8) is 0 Å². The molecule has 1 fully saturated rings. The first-order chi connectivity index (χ1) is 12.1. The highest BCUT2D eigenvalue weighted by atomic mass is 35.5. The monoisotopic (exact) mass is 403 g/mol. The van der Waals surface area contributed by atoms with E-state index in [0.29, 0.717) is 37.0 Å². The number of nitrogens with zero attached hydrogens (tertiary/aromatic N) is 1. The van der Waals surface area contributed by atoms with Crippen molar-refractivity contribution >= 4 is 27.4 Å². The van der Waals surface area contributed by atoms with Gasteiger partial charge in [-0.05, 0) is 37.0 Å². The minimum absolute atomic E-state index is 0.114. The molecule has 2 N–H and O–H groups in total. The van der Waals surface area contributed by atoms with Crippen LogP contribution in [-0.2, 0) is 15.3 Å². The van der Waals surface area contributed by atoms with Crippen LogP contribution in [0.2, 0.25) is 5.02 Å². The van der Waals surface area contributed by atoms with E-state index < -0.39 is 9.84 Å². The molecule has 0 amide bonds. The van der Waals surface area contributed by atoms with E-state index in [0.717, 1.165) is 5.56 Å². The van der Waals surface area contributed by atoms with Gasteiger partial charge in [-0.15, -0.1) is 0 Å². The topological polar surface area (TPSA) is 70.6 Å². The number of benzene rings is 1. The summed E-state index contributed by atoms with van der Waals surface area (Å²) in [5, 5.41) is 6.79. The summed E-state index contributed by atoms with van der Waals surface area (Å²) in [6.07, 6.45) is 0.686. The first-order valence-corrected chi connectivity index (χ1v) is 11.0. The zero-order valence-corrected chi connectivity index (χ0v) is 17.1. The van der Waals surface area contributed by atoms with E-state index >= 15 is 0 Å². The average molecular weight is 404 g/mol. The third kappa shape index (κ3) is 5.84. The van der Waals surface area contributed by atoms with Crippen molar-refractivity contribution in [3.8, 4) is 0 Å². The summed E-state index contributed by atoms with van der Waals surface area (Å²) < 4.78 is 36.4. The molecule has 0 spiro atoms. The van der Waals surface area contributed by atoms with Crippen molar-refractivity contribution in [2.45, 2.75) is 32.6 Å². The third-order valence-electron chi connectivity index (χ3n) is 4.52. The second kappa shape index (κ2) is 8.57. The number of hydrogen-bond donors (Lipinski definition) is 2. The quantitative estimate of drug-likeness (QED) is 0.566. The van der Waals surface area contributed by atoms with Gasteiger partial charge in [0.15, 0.2) is 15.8 Å². The largest absolute Gasteiger partial charge is 0.357 e. The maximum absolute atomic E-state index is 13.3. The molecule has 146 valence electrons. The lowest BCUT2D eigenvalue weighted by molar-refractivity contribution is 0.530. The van der Waals surface area contributed by atoms with Crippen LogP contribution in [0.1, 0.15) is 32.8 Å². The van der Waals surface area contributed by atoms with Crippen LogP contribution >= 0.6 is 11.6 Å². The zero-order valence-electron chi connectivity index (χ0n) is 15.5. The van der Waals surface area contributed by atoms with E-state index in [1.54, 1.807) is 6.07 Å². The third-order valence-corrected chi connectivity index (χ3v) is 6.67. The summed E-state index contributed by atoms with van der Waals surface area (Å²) in [6.45, 7) is 7.71. The van der Waals surface area contributed by atoms with Crippen molar-refractivity contribution < 1.29 is 12.8 Å². The number of rotatable bonds is 6. The molecular formula is C18H27ClFN3O2S. The number of aliphatic imine (C=N–C) groups is 1. The normalized spacial score (nSPS) is 20.2. The smallest absolute Gasteiger partial charge is 0.191 e. The van der Waals surface area contributed by atoms with Gasteiger partial charge in [-0.25, -0.2) is 12.8 Å². The van der Waals surface area contributed by atoms with Crippen molar-refractivity contribution in [2.75, 3.05) is 31.1 Å². The molecule has 2 rings (SSSR count). The molecule has 8 heteroatoms. The predicted octanol–water partition coefficient (Wildman–Crippen LogP) is 2.75. The van der Waals surface area contributed by atoms with Crippen LogP contribution in [0.3, 0.4) is 0 Å². The molecule has 26 heavy (non-hydrogen) atoms. The van der Waals surface area contributed by atoms with Gasteiger partial charge in [0.1, 0.15) is 5.82 Å². The van der Waals surface area contributed by atoms with Crippen LogP contribution in [0, 0.1) is 11.7 Å². The summed E-state index contributed by atoms with van der Waals surface area (Å²) in [5.41, 5.74) is 0.464. The SMILES string of the molecule is CCNC(=NCC(C)(C)c1ccc(F)cc1Cl)NCC1CCS(=O)(=O)C1. The number of nitrogens with one attached hydrogen (secondary N) is 2. The second-order valence-corrected chi connectivity index (χ2v) is 9.99. The molecule has 1 unspecified atom stereocenters. The van der Waals surface area contributed by atoms with E-state index in [-0.39, 0.29) is 28.7 Å². The van der Waals surface area contributed by atoms with Crippen LogP contribution in [-0.4, -0.2) is 45.5 Å². The molecule has 0 radical (unpaired) electrons. The number of halogens is 2. The summed E-state index contributed by atoms with van der Waals surface area (Å²) in [5.74, 6) is 0.894. The van der Waals surface area contributed by atoms with E-state index in [2.05, 4.69) is 15.6 Å². The van der Waals surface area contributed by atoms with Crippen LogP contribution in [0.25, 0.3) is 0 Å². The highest BCUT2D eigenvalue weighted by molar-refractivity contribution is 7.91. The van der Waals surface area contributed by atoms with Gasteiger partial charge in [-0.2, -0.15) is 0 Å². The molecule has 5 nitrogen and oxygen atoms in total. The van der Waals surface area contributed by atoms with Gasteiger partial charge in [0.25, 0.3) is 0 Å². The van der Waals surface area contributed by atoms with Crippen LogP contribution in [0.5, 0.6) is 0 Å². The van der Waals surface area contributed by atoms with Gasteiger partial charge in [0.2, 0.25) is 0 Å². The lowest BCUT2D eigenvalue weighted by Crippen LogP contribution is -2.41. The zero-order chi connectivity index (χ0) is 19.4. The highest BCUT2D eigenvalue weighted by Crippen LogP contribution is 2.30. The Balaban J connectivity index is 2.03. The van der Waals surface area contributed by atoms with E-state index in [1.807, 2.05) is 20.8 Å². The van der Waals surface area contributed by atoms with Crippen LogP contribution in [0.4, 0.5) is 4.39 Å². The van der Waals surface area contributed by atoms with Crippen molar-refractivity contribution in [2.24, 2.45) is 10.9 Å². The molecule has 1 aromatic carbocycles. The number of guanidine groups is 1. The summed E-state index contributed by atoms with van der Waals surface area (Å²) in [4.78, 5) is 4.61. The maximum atomic E-state index is 13.3. The Morgan fingerprint density at radius 1 is 1.38 bits per heavy atom. The molecule has 0 bridgehead atoms. The molecule has 1 heterocycles. The fourth-order valence-electron chi connectivity index (χ4n) is 3.02. The summed E-state index contributed by atoms with van der Waals surface area (Å²) >= 11 is 6.19. The Bertz CT molecular complexity index is 766. The lowest BCUT2D eigenvalue weighted by Gasteiger charge is -2.25. The Morgan fingerprint density at radius 3 is 2.69 bits per heavy atom. The van der Waals surface area contributed by atoms with Gasteiger partial charge in [0.05, 0.1) is 18.1 Å². The van der Waals surface area contributed by atoms with Gasteiger partial charge in [-0.3, -0.25) is 4.99 Å². The minimum Gasteiger partial charge on any atom is -0.357 e. The van der Waals surface area contributed by atoms with Gasteiger partial charge in [0, 0.05) is 23.5 Å². The van der Waals surface area contributed by atoms with Crippen LogP contribution < -0.4 is 10.6 Å². The Kier molecular flexibility index (Phi) is 6.91. The second-order valence-electron chi connectivity index (χ2n) is 7.35. The molecule has 1 aromatic rings. The molecular weight excluding hydrogens is 377 g/mol. The Hall–Kier alpha value is -1.34. The van der Waals surface area contributed by atoms with Crippen molar-refractivity contribution in [3.05, 3.63) is 34.6 Å². The molecule has 1 atom stereocenters. The molecule has 0 saturated carbocycles. The van der Waals surface area contributed by atoms with Crippen molar-refractivity contribution in [1.82, 2.24) is 10.6 Å². The van der Waals surface area contributed by atoms with Crippen LogP contribution in [0.15, 0.2) is 23.2 Å². The average Bonchev–Trinajstić information content (AvgIpc) is 2.89. The highest BCUT2D eigenvalue weighted by Gasteiger charge is 2.28. The fourth-order valence-corrected chi connectivity index (χ4v) is 5.30. The van der Waals surface area contributed by atoms with Gasteiger partial charge < -0.3 is 10.6 Å². The molecule has 0 aliphatic carbocycles. The summed E-state index contributed by atoms with van der Waals surface area (Å²) in [7, 11) is -2.88. The van der Waals surface area contributed by atoms with E-state index in [4.69, 9.17) is 11.6 Å². The minimum atomic E-state index is -2.88. The first kappa shape index (κ1) is 21.0. The number of sulfone groups is 1. The van der Waals surface area contributed by atoms with Crippen molar-refractivity contribution in [1.29, 1.82) is 0 Å². The van der Waals surface area contributed by atoms with E-state index in [9.17, 15) is 12.8 Å². The first-order valence-electron chi connectivity index (χ1n) is 8.81. The molecule has 1 aliphatic heterocycles. The number of hydrogen-bond acceptors (Lipinski definition) is 3. The maximum Gasteiger partial charge on any atom is 0.191 e. The fraction of sp³-hybridized carbons (Fsp3) is 0.611. The Labute approximate surface area is 160 Å². The standard InChI is InChI=1S/C18H27ClFN3O2S/c1-4-21-17(22-10-13-7-8-26(24,25)11-13)23-12-18(2,3)15-6-5-14(20)9-16(15)19/h5-6,9,13H,4,7-8,10-12H2,1-3H3,(H2,21,22,23). The molecule has 1 aliphatic rings. The lowest BCUT2D eigenvalue weighted by atomic mass is 9.84. The summed E-state index contributed by atoms with van der Waals surface area (Å²) in [6, 6.07) is 4.40. The molecule has 0 aromatic heterocycles. The predicted molar refractivity (Wildman–Crippen MR) is 105 cm³/mol. The van der Waals surface area contributed by atoms with E-state index in [1.165, 1.54) is 12.1 Å². The van der Waals surface area contributed by atoms with Gasteiger partial charge >= 0.3 is 0 Å². The van der Waals surface area contributed by atoms with Gasteiger partial charge in [-0.1, -0.05) is 31.5 Å².